The summed E-state index contributed by atoms with van der Waals surface area (Å²) < 4.78 is 0. The fraction of sp³-hybridized carbons (Fsp3) is 0.385. The number of nitrogens with zero attached hydrogens (tertiary/aromatic N) is 1. The molecular weight excluding hydrogens is 246 g/mol. The highest BCUT2D eigenvalue weighted by Gasteiger charge is 2.07. The maximum atomic E-state index is 11.9. The van der Waals surface area contributed by atoms with Crippen LogP contribution in [0.15, 0.2) is 18.5 Å². The molecule has 1 heterocycles. The Morgan fingerprint density at radius 3 is 3.06 bits per heavy atom. The van der Waals surface area contributed by atoms with Crippen molar-refractivity contribution in [2.75, 3.05) is 19.3 Å². The molecule has 5 heteroatoms. The fourth-order valence-corrected chi connectivity index (χ4v) is 1.46. The van der Waals surface area contributed by atoms with Gasteiger partial charge in [0.2, 0.25) is 0 Å². The summed E-state index contributed by atoms with van der Waals surface area (Å²) in [4.78, 5) is 15.9. The predicted octanol–water partition coefficient (Wildman–Crippen LogP) is 0.873. The molecule has 0 saturated heterocycles. The number of amides is 1. The van der Waals surface area contributed by atoms with E-state index in [2.05, 4.69) is 29.1 Å². The third kappa shape index (κ3) is 4.78. The number of nitrogens with two attached hydrogens (primary N) is 1. The lowest BCUT2D eigenvalue weighted by atomic mass is 10.2. The van der Waals surface area contributed by atoms with Crippen molar-refractivity contribution in [2.45, 2.75) is 12.2 Å². The second-order valence-corrected chi connectivity index (χ2v) is 5.00. The maximum absolute atomic E-state index is 11.9. The molecule has 0 aliphatic heterocycles. The number of pyridine rings is 1. The van der Waals surface area contributed by atoms with Crippen molar-refractivity contribution in [2.24, 2.45) is 5.73 Å². The Morgan fingerprint density at radius 1 is 1.61 bits per heavy atom. The molecule has 1 aromatic heterocycles. The second-order valence-electron chi connectivity index (χ2n) is 3.72. The van der Waals surface area contributed by atoms with Gasteiger partial charge < -0.3 is 11.1 Å². The van der Waals surface area contributed by atoms with Gasteiger partial charge >= 0.3 is 0 Å². The first-order valence-electron chi connectivity index (χ1n) is 5.62. The molecule has 96 valence electrons. The van der Waals surface area contributed by atoms with E-state index in [0.717, 1.165) is 0 Å². The Kier molecular flexibility index (Phi) is 6.26. The lowest BCUT2D eigenvalue weighted by molar-refractivity contribution is 0.0953. The van der Waals surface area contributed by atoms with Gasteiger partial charge in [0, 0.05) is 29.8 Å². The molecule has 0 spiro atoms. The van der Waals surface area contributed by atoms with Crippen molar-refractivity contribution in [3.05, 3.63) is 29.6 Å². The zero-order chi connectivity index (χ0) is 13.4. The van der Waals surface area contributed by atoms with Gasteiger partial charge in [-0.05, 0) is 12.3 Å². The third-order valence-corrected chi connectivity index (χ3v) is 3.26. The summed E-state index contributed by atoms with van der Waals surface area (Å²) in [5.74, 6) is 5.46. The van der Waals surface area contributed by atoms with Crippen LogP contribution in [0.2, 0.25) is 0 Å². The van der Waals surface area contributed by atoms with Crippen LogP contribution in [0.4, 0.5) is 0 Å². The average Bonchev–Trinajstić information content (AvgIpc) is 2.42. The van der Waals surface area contributed by atoms with E-state index in [9.17, 15) is 4.79 Å². The highest BCUT2D eigenvalue weighted by molar-refractivity contribution is 7.99. The molecule has 1 rings (SSSR count). The van der Waals surface area contributed by atoms with Crippen LogP contribution < -0.4 is 11.1 Å². The normalized spacial score (nSPS) is 11.3. The number of thioether (sulfide) groups is 1. The second kappa shape index (κ2) is 7.75. The van der Waals surface area contributed by atoms with E-state index in [1.165, 1.54) is 6.20 Å². The van der Waals surface area contributed by atoms with E-state index >= 15 is 0 Å². The Hall–Kier alpha value is -1.51. The van der Waals surface area contributed by atoms with Crippen LogP contribution in [0.25, 0.3) is 0 Å². The van der Waals surface area contributed by atoms with Crippen LogP contribution in [0.5, 0.6) is 0 Å². The molecule has 0 bridgehead atoms. The summed E-state index contributed by atoms with van der Waals surface area (Å²) in [7, 11) is 0. The molecule has 0 fully saturated rings. The molecule has 0 saturated carbocycles. The first-order valence-corrected chi connectivity index (χ1v) is 6.91. The summed E-state index contributed by atoms with van der Waals surface area (Å²) in [6.07, 6.45) is 5.16. The van der Waals surface area contributed by atoms with E-state index in [0.29, 0.717) is 29.5 Å². The van der Waals surface area contributed by atoms with Crippen LogP contribution in [0, 0.1) is 11.8 Å². The van der Waals surface area contributed by atoms with Crippen molar-refractivity contribution >= 4 is 17.7 Å². The molecule has 0 aliphatic carbocycles. The highest BCUT2D eigenvalue weighted by Crippen LogP contribution is 2.05. The predicted molar refractivity (Wildman–Crippen MR) is 75.5 cm³/mol. The highest BCUT2D eigenvalue weighted by atomic mass is 32.2. The van der Waals surface area contributed by atoms with Gasteiger partial charge in [0.1, 0.15) is 0 Å². The van der Waals surface area contributed by atoms with Gasteiger partial charge in [0.25, 0.3) is 5.91 Å². The maximum Gasteiger partial charge on any atom is 0.252 e. The van der Waals surface area contributed by atoms with Crippen molar-refractivity contribution in [3.8, 4) is 11.8 Å². The Balaban J connectivity index is 2.68. The van der Waals surface area contributed by atoms with Crippen LogP contribution in [-0.2, 0) is 0 Å². The van der Waals surface area contributed by atoms with E-state index < -0.39 is 0 Å². The molecule has 3 N–H and O–H groups in total. The zero-order valence-electron chi connectivity index (χ0n) is 10.6. The largest absolute Gasteiger partial charge is 0.351 e. The molecular formula is C13H17N3OS. The van der Waals surface area contributed by atoms with E-state index in [-0.39, 0.29) is 5.91 Å². The monoisotopic (exact) mass is 263 g/mol. The summed E-state index contributed by atoms with van der Waals surface area (Å²) in [5, 5.41) is 3.25. The average molecular weight is 263 g/mol. The van der Waals surface area contributed by atoms with Crippen molar-refractivity contribution in [1.82, 2.24) is 10.3 Å². The van der Waals surface area contributed by atoms with Gasteiger partial charge in [-0.15, -0.1) is 0 Å². The van der Waals surface area contributed by atoms with Crippen molar-refractivity contribution in [3.63, 3.8) is 0 Å². The molecule has 0 aromatic carbocycles. The Morgan fingerprint density at radius 2 is 2.39 bits per heavy atom. The van der Waals surface area contributed by atoms with Gasteiger partial charge in [-0.1, -0.05) is 18.8 Å². The standard InChI is InChI=1S/C13H17N3OS/c1-10(18-2)7-16-13(17)12-6-11(4-3-5-14)8-15-9-12/h6,8-10H,5,7,14H2,1-2H3,(H,16,17). The number of rotatable bonds is 4. The minimum absolute atomic E-state index is 0.125. The van der Waals surface area contributed by atoms with E-state index in [4.69, 9.17) is 5.73 Å². The number of hydrogen-bond donors (Lipinski definition) is 2. The van der Waals surface area contributed by atoms with Crippen LogP contribution in [-0.4, -0.2) is 35.5 Å². The summed E-state index contributed by atoms with van der Waals surface area (Å²) in [6, 6.07) is 1.72. The van der Waals surface area contributed by atoms with E-state index in [1.807, 2.05) is 6.26 Å². The number of aromatic nitrogens is 1. The van der Waals surface area contributed by atoms with Crippen LogP contribution in [0.1, 0.15) is 22.8 Å². The molecule has 0 radical (unpaired) electrons. The quantitative estimate of drug-likeness (QED) is 0.791. The fourth-order valence-electron chi connectivity index (χ4n) is 1.21. The topological polar surface area (TPSA) is 68.0 Å². The summed E-state index contributed by atoms with van der Waals surface area (Å²) >= 11 is 1.71. The molecule has 4 nitrogen and oxygen atoms in total. The number of hydrogen-bond acceptors (Lipinski definition) is 4. The molecule has 1 amide bonds. The third-order valence-electron chi connectivity index (χ3n) is 2.29. The SMILES string of the molecule is CSC(C)CNC(=O)c1cncc(C#CCN)c1. The molecule has 1 atom stereocenters. The number of nitrogens with one attached hydrogen (secondary N) is 1. The smallest absolute Gasteiger partial charge is 0.252 e. The molecule has 1 unspecified atom stereocenters. The molecule has 1 aromatic rings. The van der Waals surface area contributed by atoms with Gasteiger partial charge in [-0.3, -0.25) is 9.78 Å². The minimum atomic E-state index is -0.125. The van der Waals surface area contributed by atoms with E-state index in [1.54, 1.807) is 24.0 Å². The molecule has 0 aliphatic rings. The first-order chi connectivity index (χ1) is 8.67. The van der Waals surface area contributed by atoms with Gasteiger partial charge in [0.15, 0.2) is 0 Å². The lowest BCUT2D eigenvalue weighted by Crippen LogP contribution is -2.29. The Bertz CT molecular complexity index is 465. The number of carbonyl (C=O) groups is 1. The van der Waals surface area contributed by atoms with Crippen molar-refractivity contribution < 1.29 is 4.79 Å². The van der Waals surface area contributed by atoms with Gasteiger partial charge in [-0.2, -0.15) is 11.8 Å². The number of carbonyl (C=O) groups excluding carboxylic acids is 1. The van der Waals surface area contributed by atoms with Crippen molar-refractivity contribution in [1.29, 1.82) is 0 Å². The van der Waals surface area contributed by atoms with Crippen LogP contribution >= 0.6 is 11.8 Å². The summed E-state index contributed by atoms with van der Waals surface area (Å²) in [5.41, 5.74) is 6.52. The zero-order valence-corrected chi connectivity index (χ0v) is 11.4. The Labute approximate surface area is 112 Å². The van der Waals surface area contributed by atoms with Crippen LogP contribution in [0.3, 0.4) is 0 Å². The first kappa shape index (κ1) is 14.6. The molecule has 18 heavy (non-hydrogen) atoms. The van der Waals surface area contributed by atoms with Gasteiger partial charge in [0.05, 0.1) is 12.1 Å². The van der Waals surface area contributed by atoms with Gasteiger partial charge in [-0.25, -0.2) is 0 Å². The lowest BCUT2D eigenvalue weighted by Gasteiger charge is -2.09. The summed E-state index contributed by atoms with van der Waals surface area (Å²) in [6.45, 7) is 2.99. The minimum Gasteiger partial charge on any atom is -0.351 e.